The molecule has 1 aromatic carbocycles. The molecule has 4 aromatic rings. The number of nitrogens with one attached hydrogen (secondary N) is 1. The molecule has 0 unspecified atom stereocenters. The van der Waals surface area contributed by atoms with Gasteiger partial charge in [0.1, 0.15) is 5.82 Å². The molecule has 7 nitrogen and oxygen atoms in total. The second kappa shape index (κ2) is 6.42. The second-order valence-electron chi connectivity index (χ2n) is 6.69. The number of hydrogen-bond acceptors (Lipinski definition) is 6. The van der Waals surface area contributed by atoms with Gasteiger partial charge in [-0.25, -0.2) is 4.98 Å². The molecule has 1 atom stereocenters. The van der Waals surface area contributed by atoms with Crippen LogP contribution in [0.4, 0.5) is 0 Å². The van der Waals surface area contributed by atoms with Crippen LogP contribution in [0.2, 0.25) is 0 Å². The summed E-state index contributed by atoms with van der Waals surface area (Å²) < 4.78 is 11.0. The lowest BCUT2D eigenvalue weighted by Gasteiger charge is -2.30. The van der Waals surface area contributed by atoms with Gasteiger partial charge in [-0.1, -0.05) is 12.1 Å². The molecule has 1 fully saturated rings. The summed E-state index contributed by atoms with van der Waals surface area (Å²) in [7, 11) is 0. The van der Waals surface area contributed by atoms with Crippen LogP contribution in [0.1, 0.15) is 30.5 Å². The van der Waals surface area contributed by atoms with Crippen LogP contribution in [-0.4, -0.2) is 38.2 Å². The van der Waals surface area contributed by atoms with E-state index in [2.05, 4.69) is 26.1 Å². The average molecular weight is 349 g/mol. The quantitative estimate of drug-likeness (QED) is 0.606. The Hall–Kier alpha value is -2.93. The largest absolute Gasteiger partial charge is 0.459 e. The highest BCUT2D eigenvalue weighted by molar-refractivity contribution is 5.74. The maximum Gasteiger partial charge on any atom is 0.283 e. The van der Waals surface area contributed by atoms with E-state index in [1.165, 1.54) is 0 Å². The van der Waals surface area contributed by atoms with E-state index in [1.807, 2.05) is 30.3 Å². The van der Waals surface area contributed by atoms with Crippen LogP contribution >= 0.6 is 0 Å². The fraction of sp³-hybridized carbons (Fsp3) is 0.316. The fourth-order valence-corrected chi connectivity index (χ4v) is 3.60. The third-order valence-electron chi connectivity index (χ3n) is 4.86. The topological polar surface area (TPSA) is 84.0 Å². The average Bonchev–Trinajstić information content (AvgIpc) is 3.41. The van der Waals surface area contributed by atoms with Gasteiger partial charge in [-0.05, 0) is 43.7 Å². The summed E-state index contributed by atoms with van der Waals surface area (Å²) >= 11 is 0. The molecule has 0 spiro atoms. The van der Waals surface area contributed by atoms with Gasteiger partial charge in [0, 0.05) is 12.5 Å². The van der Waals surface area contributed by atoms with Crippen molar-refractivity contribution in [2.45, 2.75) is 25.3 Å². The van der Waals surface area contributed by atoms with Gasteiger partial charge in [0.05, 0.1) is 23.8 Å². The molecule has 26 heavy (non-hydrogen) atoms. The first-order valence-electron chi connectivity index (χ1n) is 8.88. The van der Waals surface area contributed by atoms with Gasteiger partial charge in [0.2, 0.25) is 5.89 Å². The van der Waals surface area contributed by atoms with Crippen molar-refractivity contribution in [3.8, 4) is 11.7 Å². The van der Waals surface area contributed by atoms with Gasteiger partial charge in [0.15, 0.2) is 5.76 Å². The molecule has 3 aromatic heterocycles. The first kappa shape index (κ1) is 15.3. The van der Waals surface area contributed by atoms with Crippen LogP contribution in [0.5, 0.6) is 0 Å². The van der Waals surface area contributed by atoms with Crippen molar-refractivity contribution in [3.63, 3.8) is 0 Å². The molecule has 1 saturated heterocycles. The van der Waals surface area contributed by atoms with Crippen molar-refractivity contribution in [2.24, 2.45) is 0 Å². The molecule has 1 aliphatic heterocycles. The smallest absolute Gasteiger partial charge is 0.283 e. The van der Waals surface area contributed by atoms with E-state index >= 15 is 0 Å². The summed E-state index contributed by atoms with van der Waals surface area (Å²) in [5, 5.41) is 8.23. The first-order valence-corrected chi connectivity index (χ1v) is 8.88. The Morgan fingerprint density at radius 3 is 3.00 bits per heavy atom. The number of rotatable bonds is 4. The summed E-state index contributed by atoms with van der Waals surface area (Å²) in [6.07, 6.45) is 3.86. The molecule has 7 heteroatoms. The zero-order chi connectivity index (χ0) is 17.3. The second-order valence-corrected chi connectivity index (χ2v) is 6.69. The molecule has 0 saturated carbocycles. The Bertz CT molecular complexity index is 971. The summed E-state index contributed by atoms with van der Waals surface area (Å²) in [6.45, 7) is 2.60. The van der Waals surface area contributed by atoms with Crippen LogP contribution in [0, 0.1) is 0 Å². The molecule has 0 bridgehead atoms. The maximum absolute atomic E-state index is 5.74. The lowest BCUT2D eigenvalue weighted by Crippen LogP contribution is -2.34. The Kier molecular flexibility index (Phi) is 3.79. The number of nitrogens with zero attached hydrogens (tertiary/aromatic N) is 4. The standard InChI is InChI=1S/C19H19N5O2/c1-2-7-15-14(6-1)20-18(21-15)13-5-3-9-24(11-13)12-17-22-23-19(26-17)16-8-4-10-25-16/h1-2,4,6-8,10,13H,3,5,9,11-12H2,(H,20,21)/t13-/m1/s1. The number of furan rings is 1. The van der Waals surface area contributed by atoms with Crippen molar-refractivity contribution in [2.75, 3.05) is 13.1 Å². The zero-order valence-electron chi connectivity index (χ0n) is 14.3. The summed E-state index contributed by atoms with van der Waals surface area (Å²) in [6, 6.07) is 11.8. The number of piperidine rings is 1. The van der Waals surface area contributed by atoms with Gasteiger partial charge in [0.25, 0.3) is 5.89 Å². The van der Waals surface area contributed by atoms with Gasteiger partial charge >= 0.3 is 0 Å². The summed E-state index contributed by atoms with van der Waals surface area (Å²) in [5.74, 6) is 3.10. The van der Waals surface area contributed by atoms with E-state index in [1.54, 1.807) is 6.26 Å². The van der Waals surface area contributed by atoms with Crippen molar-refractivity contribution >= 4 is 11.0 Å². The minimum Gasteiger partial charge on any atom is -0.459 e. The van der Waals surface area contributed by atoms with E-state index in [-0.39, 0.29) is 0 Å². The predicted molar refractivity (Wildman–Crippen MR) is 95.3 cm³/mol. The number of para-hydroxylation sites is 2. The number of aromatic amines is 1. The van der Waals surface area contributed by atoms with E-state index in [0.29, 0.717) is 30.0 Å². The zero-order valence-corrected chi connectivity index (χ0v) is 14.3. The van der Waals surface area contributed by atoms with Crippen LogP contribution in [0.3, 0.4) is 0 Å². The van der Waals surface area contributed by atoms with Crippen molar-refractivity contribution in [1.29, 1.82) is 0 Å². The highest BCUT2D eigenvalue weighted by atomic mass is 16.4. The van der Waals surface area contributed by atoms with Gasteiger partial charge in [-0.2, -0.15) is 0 Å². The SMILES string of the molecule is c1coc(-c2nnc(CN3CCC[C@@H](c4nc5ccccc5[nH]4)C3)o2)c1. The first-order chi connectivity index (χ1) is 12.8. The molecule has 5 rings (SSSR count). The van der Waals surface area contributed by atoms with Crippen molar-refractivity contribution in [3.05, 3.63) is 54.4 Å². The minimum atomic E-state index is 0.392. The number of fused-ring (bicyclic) bond motifs is 1. The molecule has 132 valence electrons. The van der Waals surface area contributed by atoms with E-state index in [9.17, 15) is 0 Å². The van der Waals surface area contributed by atoms with Crippen LogP contribution in [0.25, 0.3) is 22.7 Å². The maximum atomic E-state index is 5.74. The van der Waals surface area contributed by atoms with Crippen LogP contribution in [0.15, 0.2) is 51.5 Å². The van der Waals surface area contributed by atoms with E-state index in [4.69, 9.17) is 13.8 Å². The Labute approximate surface area is 150 Å². The number of hydrogen-bond donors (Lipinski definition) is 1. The Morgan fingerprint density at radius 1 is 1.15 bits per heavy atom. The molecule has 0 amide bonds. The van der Waals surface area contributed by atoms with E-state index in [0.717, 1.165) is 42.8 Å². The normalized spacial score (nSPS) is 18.5. The third kappa shape index (κ3) is 2.90. The minimum absolute atomic E-state index is 0.392. The van der Waals surface area contributed by atoms with Gasteiger partial charge in [-0.15, -0.1) is 10.2 Å². The third-order valence-corrected chi connectivity index (χ3v) is 4.86. The molecule has 0 radical (unpaired) electrons. The number of likely N-dealkylation sites (tertiary alicyclic amines) is 1. The molecule has 1 aliphatic rings. The molecule has 4 heterocycles. The lowest BCUT2D eigenvalue weighted by molar-refractivity contribution is 0.181. The molecular weight excluding hydrogens is 330 g/mol. The monoisotopic (exact) mass is 349 g/mol. The fourth-order valence-electron chi connectivity index (χ4n) is 3.60. The van der Waals surface area contributed by atoms with Gasteiger partial charge < -0.3 is 13.8 Å². The van der Waals surface area contributed by atoms with Crippen LogP contribution in [-0.2, 0) is 6.54 Å². The number of benzene rings is 1. The highest BCUT2D eigenvalue weighted by Gasteiger charge is 2.25. The Morgan fingerprint density at radius 2 is 2.12 bits per heavy atom. The summed E-state index contributed by atoms with van der Waals surface area (Å²) in [5.41, 5.74) is 2.12. The lowest BCUT2D eigenvalue weighted by atomic mass is 9.97. The number of H-pyrrole nitrogens is 1. The van der Waals surface area contributed by atoms with Crippen molar-refractivity contribution < 1.29 is 8.83 Å². The molecule has 1 N–H and O–H groups in total. The van der Waals surface area contributed by atoms with E-state index < -0.39 is 0 Å². The van der Waals surface area contributed by atoms with Crippen LogP contribution < -0.4 is 0 Å². The highest BCUT2D eigenvalue weighted by Crippen LogP contribution is 2.28. The van der Waals surface area contributed by atoms with Gasteiger partial charge in [-0.3, -0.25) is 4.90 Å². The molecule has 0 aliphatic carbocycles. The molecular formula is C19H19N5O2. The number of imidazole rings is 1. The number of aromatic nitrogens is 4. The summed E-state index contributed by atoms with van der Waals surface area (Å²) in [4.78, 5) is 10.6. The predicted octanol–water partition coefficient (Wildman–Crippen LogP) is 3.59. The van der Waals surface area contributed by atoms with Crippen molar-refractivity contribution in [1.82, 2.24) is 25.1 Å². The Balaban J connectivity index is 1.30.